The van der Waals surface area contributed by atoms with Crippen LogP contribution in [0.1, 0.15) is 18.5 Å². The summed E-state index contributed by atoms with van der Waals surface area (Å²) in [5.74, 6) is 0.575. The van der Waals surface area contributed by atoms with Crippen molar-refractivity contribution in [1.29, 1.82) is 0 Å². The molecule has 0 saturated heterocycles. The van der Waals surface area contributed by atoms with E-state index in [4.69, 9.17) is 11.6 Å². The van der Waals surface area contributed by atoms with Crippen molar-refractivity contribution in [3.8, 4) is 0 Å². The minimum absolute atomic E-state index is 0.0758. The molecule has 1 aromatic heterocycles. The first-order valence-corrected chi connectivity index (χ1v) is 7.29. The van der Waals surface area contributed by atoms with Gasteiger partial charge in [0.2, 0.25) is 0 Å². The van der Waals surface area contributed by atoms with E-state index in [2.05, 4.69) is 4.98 Å². The maximum atomic E-state index is 12.9. The van der Waals surface area contributed by atoms with Gasteiger partial charge in [-0.3, -0.25) is 0 Å². The lowest BCUT2D eigenvalue weighted by atomic mass is 10.1. The maximum absolute atomic E-state index is 12.9. The Morgan fingerprint density at radius 1 is 1.24 bits per heavy atom. The van der Waals surface area contributed by atoms with Crippen LogP contribution in [0.15, 0.2) is 30.3 Å². The lowest BCUT2D eigenvalue weighted by molar-refractivity contribution is -0.120. The average molecular weight is 315 g/mol. The molecule has 0 radical (unpaired) electrons. The molecule has 0 unspecified atom stereocenters. The van der Waals surface area contributed by atoms with Crippen molar-refractivity contribution in [3.63, 3.8) is 0 Å². The van der Waals surface area contributed by atoms with E-state index in [-0.39, 0.29) is 11.9 Å². The molecule has 1 aliphatic carbocycles. The zero-order valence-corrected chi connectivity index (χ0v) is 12.0. The Kier molecular flexibility index (Phi) is 3.69. The number of aromatic nitrogens is 1. The van der Waals surface area contributed by atoms with Crippen molar-refractivity contribution < 1.29 is 13.2 Å². The standard InChI is InChI=1S/C15H14ClF3N2/c16-8-11-7-10-3-1-2-4-13(10)14(20-11)21(12-5-6-12)9-15(17,18)19/h1-4,7,12H,5-6,8-9H2. The van der Waals surface area contributed by atoms with Crippen LogP contribution < -0.4 is 4.90 Å². The van der Waals surface area contributed by atoms with Gasteiger partial charge in [-0.15, -0.1) is 11.6 Å². The molecule has 112 valence electrons. The van der Waals surface area contributed by atoms with Crippen LogP contribution in [0.25, 0.3) is 10.8 Å². The van der Waals surface area contributed by atoms with Gasteiger partial charge >= 0.3 is 6.18 Å². The summed E-state index contributed by atoms with van der Waals surface area (Å²) in [6.07, 6.45) is -2.70. The van der Waals surface area contributed by atoms with E-state index in [1.165, 1.54) is 4.90 Å². The maximum Gasteiger partial charge on any atom is 0.405 e. The lowest BCUT2D eigenvalue weighted by Gasteiger charge is -2.26. The molecular weight excluding hydrogens is 301 g/mol. The minimum atomic E-state index is -4.25. The fourth-order valence-corrected chi connectivity index (χ4v) is 2.62. The van der Waals surface area contributed by atoms with Crippen LogP contribution in [-0.4, -0.2) is 23.7 Å². The van der Waals surface area contributed by atoms with Gasteiger partial charge in [0.05, 0.1) is 11.6 Å². The quantitative estimate of drug-likeness (QED) is 0.772. The molecular formula is C15H14ClF3N2. The molecule has 0 spiro atoms. The number of anilines is 1. The molecule has 21 heavy (non-hydrogen) atoms. The van der Waals surface area contributed by atoms with E-state index < -0.39 is 12.7 Å². The number of fused-ring (bicyclic) bond motifs is 1. The number of nitrogens with zero attached hydrogens (tertiary/aromatic N) is 2. The average Bonchev–Trinajstić information content (AvgIpc) is 3.27. The summed E-state index contributed by atoms with van der Waals surface area (Å²) in [5.41, 5.74) is 0.596. The Labute approximate surface area is 125 Å². The summed E-state index contributed by atoms with van der Waals surface area (Å²) < 4.78 is 38.6. The van der Waals surface area contributed by atoms with Crippen molar-refractivity contribution in [2.24, 2.45) is 0 Å². The second kappa shape index (κ2) is 5.37. The molecule has 1 fully saturated rings. The zero-order chi connectivity index (χ0) is 15.0. The molecule has 0 atom stereocenters. The summed E-state index contributed by atoms with van der Waals surface area (Å²) in [6.45, 7) is -0.972. The van der Waals surface area contributed by atoms with Gasteiger partial charge in [-0.1, -0.05) is 24.3 Å². The molecule has 0 bridgehead atoms. The van der Waals surface area contributed by atoms with Crippen LogP contribution in [0, 0.1) is 0 Å². The van der Waals surface area contributed by atoms with Gasteiger partial charge in [-0.25, -0.2) is 4.98 Å². The third-order valence-corrected chi connectivity index (χ3v) is 3.79. The van der Waals surface area contributed by atoms with Crippen LogP contribution in [-0.2, 0) is 5.88 Å². The van der Waals surface area contributed by atoms with Crippen molar-refractivity contribution in [2.75, 3.05) is 11.4 Å². The monoisotopic (exact) mass is 314 g/mol. The highest BCUT2D eigenvalue weighted by molar-refractivity contribution is 6.17. The van der Waals surface area contributed by atoms with Gasteiger partial charge in [-0.05, 0) is 24.3 Å². The van der Waals surface area contributed by atoms with Crippen LogP contribution in [0.2, 0.25) is 0 Å². The molecule has 6 heteroatoms. The first-order chi connectivity index (χ1) is 9.98. The Morgan fingerprint density at radius 2 is 1.95 bits per heavy atom. The molecule has 1 aliphatic rings. The number of hydrogen-bond donors (Lipinski definition) is 0. The SMILES string of the molecule is FC(F)(F)CN(c1nc(CCl)cc2ccccc12)C1CC1. The summed E-state index contributed by atoms with van der Waals surface area (Å²) in [5, 5.41) is 1.61. The highest BCUT2D eigenvalue weighted by Gasteiger charge is 2.39. The largest absolute Gasteiger partial charge is 0.405 e. The summed E-state index contributed by atoms with van der Waals surface area (Å²) in [6, 6.07) is 9.09. The summed E-state index contributed by atoms with van der Waals surface area (Å²) >= 11 is 5.83. The van der Waals surface area contributed by atoms with Crippen LogP contribution >= 0.6 is 11.6 Å². The second-order valence-electron chi connectivity index (χ2n) is 5.27. The smallest absolute Gasteiger partial charge is 0.344 e. The number of pyridine rings is 1. The third kappa shape index (κ3) is 3.23. The van der Waals surface area contributed by atoms with Crippen LogP contribution in [0.5, 0.6) is 0 Å². The fraction of sp³-hybridized carbons (Fsp3) is 0.400. The first-order valence-electron chi connectivity index (χ1n) is 6.76. The van der Waals surface area contributed by atoms with Crippen molar-refractivity contribution >= 4 is 28.2 Å². The van der Waals surface area contributed by atoms with Crippen molar-refractivity contribution in [2.45, 2.75) is 30.9 Å². The van der Waals surface area contributed by atoms with Crippen LogP contribution in [0.3, 0.4) is 0 Å². The summed E-state index contributed by atoms with van der Waals surface area (Å²) in [4.78, 5) is 5.73. The van der Waals surface area contributed by atoms with Gasteiger partial charge in [0.25, 0.3) is 0 Å². The molecule has 0 amide bonds. The van der Waals surface area contributed by atoms with Crippen molar-refractivity contribution in [3.05, 3.63) is 36.0 Å². The molecule has 1 aromatic carbocycles. The molecule has 2 aromatic rings. The minimum Gasteiger partial charge on any atom is -0.344 e. The Morgan fingerprint density at radius 3 is 2.57 bits per heavy atom. The Balaban J connectivity index is 2.11. The van der Waals surface area contributed by atoms with E-state index in [9.17, 15) is 13.2 Å². The highest BCUT2D eigenvalue weighted by Crippen LogP contribution is 2.37. The van der Waals surface area contributed by atoms with E-state index >= 15 is 0 Å². The molecule has 1 heterocycles. The number of hydrogen-bond acceptors (Lipinski definition) is 2. The van der Waals surface area contributed by atoms with Crippen LogP contribution in [0.4, 0.5) is 19.0 Å². The number of alkyl halides is 4. The van der Waals surface area contributed by atoms with E-state index in [1.807, 2.05) is 24.3 Å². The van der Waals surface area contributed by atoms with E-state index in [0.29, 0.717) is 11.5 Å². The predicted octanol–water partition coefficient (Wildman–Crippen LogP) is 4.50. The third-order valence-electron chi connectivity index (χ3n) is 3.52. The summed E-state index contributed by atoms with van der Waals surface area (Å²) in [7, 11) is 0. The molecule has 2 nitrogen and oxygen atoms in total. The van der Waals surface area contributed by atoms with Gasteiger partial charge in [0.15, 0.2) is 0 Å². The number of halogens is 4. The van der Waals surface area contributed by atoms with Crippen molar-refractivity contribution in [1.82, 2.24) is 4.98 Å². The Hall–Kier alpha value is -1.49. The lowest BCUT2D eigenvalue weighted by Crippen LogP contribution is -2.36. The topological polar surface area (TPSA) is 16.1 Å². The normalized spacial score (nSPS) is 15.4. The Bertz CT molecular complexity index is 653. The van der Waals surface area contributed by atoms with Gasteiger partial charge < -0.3 is 4.90 Å². The number of rotatable bonds is 4. The van der Waals surface area contributed by atoms with E-state index in [1.54, 1.807) is 6.07 Å². The molecule has 0 aliphatic heterocycles. The first kappa shape index (κ1) is 14.4. The van der Waals surface area contributed by atoms with E-state index in [0.717, 1.165) is 23.6 Å². The van der Waals surface area contributed by atoms with Gasteiger partial charge in [0.1, 0.15) is 12.4 Å². The predicted molar refractivity (Wildman–Crippen MR) is 77.7 cm³/mol. The zero-order valence-electron chi connectivity index (χ0n) is 11.2. The highest BCUT2D eigenvalue weighted by atomic mass is 35.5. The van der Waals surface area contributed by atoms with Gasteiger partial charge in [0, 0.05) is 11.4 Å². The molecule has 0 N–H and O–H groups in total. The molecule has 3 rings (SSSR count). The van der Waals surface area contributed by atoms with Gasteiger partial charge in [-0.2, -0.15) is 13.2 Å². The fourth-order valence-electron chi connectivity index (χ4n) is 2.48. The number of benzene rings is 1. The molecule has 1 saturated carbocycles. The second-order valence-corrected chi connectivity index (χ2v) is 5.53.